The topological polar surface area (TPSA) is 89.0 Å². The second-order valence-corrected chi connectivity index (χ2v) is 3.47. The van der Waals surface area contributed by atoms with Gasteiger partial charge in [-0.2, -0.15) is 5.26 Å². The third-order valence-electron chi connectivity index (χ3n) is 2.20. The maximum absolute atomic E-state index is 12.9. The molecule has 19 heavy (non-hydrogen) atoms. The van der Waals surface area contributed by atoms with Crippen LogP contribution in [0.25, 0.3) is 0 Å². The van der Waals surface area contributed by atoms with Crippen molar-refractivity contribution in [3.63, 3.8) is 0 Å². The van der Waals surface area contributed by atoms with Crippen LogP contribution in [0.2, 0.25) is 0 Å². The molecule has 1 aromatic carbocycles. The van der Waals surface area contributed by atoms with Crippen LogP contribution in [-0.2, 0) is 0 Å². The van der Waals surface area contributed by atoms with Crippen LogP contribution in [0.15, 0.2) is 36.5 Å². The summed E-state index contributed by atoms with van der Waals surface area (Å²) in [6, 6.07) is 7.60. The molecule has 0 aliphatic heterocycles. The van der Waals surface area contributed by atoms with E-state index in [1.807, 2.05) is 6.07 Å². The number of nitrogens with zero attached hydrogens (tertiary/aromatic N) is 3. The third kappa shape index (κ3) is 2.81. The van der Waals surface area contributed by atoms with Crippen molar-refractivity contribution in [1.82, 2.24) is 4.98 Å². The van der Waals surface area contributed by atoms with Crippen molar-refractivity contribution in [2.45, 2.75) is 0 Å². The smallest absolute Gasteiger partial charge is 0.314 e. The fourth-order valence-electron chi connectivity index (χ4n) is 1.37. The van der Waals surface area contributed by atoms with Crippen LogP contribution in [0.5, 0.6) is 11.6 Å². The summed E-state index contributed by atoms with van der Waals surface area (Å²) in [6.45, 7) is 0. The zero-order valence-electron chi connectivity index (χ0n) is 9.41. The summed E-state index contributed by atoms with van der Waals surface area (Å²) in [4.78, 5) is 13.8. The first-order valence-electron chi connectivity index (χ1n) is 5.08. The molecule has 6 nitrogen and oxygen atoms in total. The lowest BCUT2D eigenvalue weighted by atomic mass is 10.3. The fourth-order valence-corrected chi connectivity index (χ4v) is 1.37. The summed E-state index contributed by atoms with van der Waals surface area (Å²) >= 11 is 0. The van der Waals surface area contributed by atoms with E-state index in [0.29, 0.717) is 5.56 Å². The quantitative estimate of drug-likeness (QED) is 0.624. The van der Waals surface area contributed by atoms with Crippen LogP contribution in [0.3, 0.4) is 0 Å². The number of hydrogen-bond acceptors (Lipinski definition) is 5. The molecule has 0 saturated heterocycles. The van der Waals surface area contributed by atoms with E-state index in [1.54, 1.807) is 0 Å². The van der Waals surface area contributed by atoms with Gasteiger partial charge in [-0.3, -0.25) is 10.1 Å². The summed E-state index contributed by atoms with van der Waals surface area (Å²) in [7, 11) is 0. The minimum atomic E-state index is -0.757. The number of nitriles is 1. The minimum absolute atomic E-state index is 0.0220. The summed E-state index contributed by atoms with van der Waals surface area (Å²) in [5.41, 5.74) is -0.209. The van der Waals surface area contributed by atoms with Crippen molar-refractivity contribution in [3.8, 4) is 17.7 Å². The first kappa shape index (κ1) is 12.4. The van der Waals surface area contributed by atoms with Gasteiger partial charge in [-0.25, -0.2) is 9.37 Å². The van der Waals surface area contributed by atoms with Gasteiger partial charge in [0.05, 0.1) is 22.6 Å². The standard InChI is InChI=1S/C12H6FN3O3/c13-9-1-2-11(10(6-9)16(17)18)19-12-5-8(7-14)3-4-15-12/h1-6H. The van der Waals surface area contributed by atoms with Crippen LogP contribution >= 0.6 is 0 Å². The van der Waals surface area contributed by atoms with E-state index in [2.05, 4.69) is 4.98 Å². The Labute approximate surface area is 106 Å². The number of nitro groups is 1. The van der Waals surface area contributed by atoms with Crippen molar-refractivity contribution in [3.05, 3.63) is 58.0 Å². The van der Waals surface area contributed by atoms with Crippen molar-refractivity contribution in [1.29, 1.82) is 5.26 Å². The van der Waals surface area contributed by atoms with Crippen LogP contribution in [0, 0.1) is 27.3 Å². The van der Waals surface area contributed by atoms with Crippen molar-refractivity contribution in [2.75, 3.05) is 0 Å². The van der Waals surface area contributed by atoms with Crippen LogP contribution in [0.1, 0.15) is 5.56 Å². The molecule has 2 aromatic rings. The molecule has 2 rings (SSSR count). The van der Waals surface area contributed by atoms with E-state index >= 15 is 0 Å². The predicted octanol–water partition coefficient (Wildman–Crippen LogP) is 2.79. The molecular weight excluding hydrogens is 253 g/mol. The molecule has 1 aromatic heterocycles. The highest BCUT2D eigenvalue weighted by molar-refractivity contribution is 5.48. The summed E-state index contributed by atoms with van der Waals surface area (Å²) < 4.78 is 18.1. The molecule has 0 fully saturated rings. The Morgan fingerprint density at radius 1 is 1.37 bits per heavy atom. The summed E-state index contributed by atoms with van der Waals surface area (Å²) in [5.74, 6) is -0.861. The molecule has 94 valence electrons. The summed E-state index contributed by atoms with van der Waals surface area (Å²) in [5, 5.41) is 19.5. The molecule has 0 aliphatic rings. The Hall–Kier alpha value is -3.01. The number of ether oxygens (including phenoxy) is 1. The molecule has 0 amide bonds. The van der Waals surface area contributed by atoms with Crippen molar-refractivity contribution >= 4 is 5.69 Å². The van der Waals surface area contributed by atoms with E-state index in [4.69, 9.17) is 10.00 Å². The van der Waals surface area contributed by atoms with E-state index < -0.39 is 16.4 Å². The van der Waals surface area contributed by atoms with Gasteiger partial charge in [-0.05, 0) is 18.2 Å². The lowest BCUT2D eigenvalue weighted by molar-refractivity contribution is -0.385. The predicted molar refractivity (Wildman–Crippen MR) is 62.1 cm³/mol. The largest absolute Gasteiger partial charge is 0.432 e. The molecule has 0 atom stereocenters. The Morgan fingerprint density at radius 3 is 2.84 bits per heavy atom. The molecule has 0 saturated carbocycles. The Balaban J connectivity index is 2.38. The number of rotatable bonds is 3. The van der Waals surface area contributed by atoms with E-state index in [-0.39, 0.29) is 11.6 Å². The molecule has 0 unspecified atom stereocenters. The van der Waals surface area contributed by atoms with Gasteiger partial charge in [0.15, 0.2) is 0 Å². The monoisotopic (exact) mass is 259 g/mol. The normalized spacial score (nSPS) is 9.68. The summed E-state index contributed by atoms with van der Waals surface area (Å²) in [6.07, 6.45) is 1.34. The van der Waals surface area contributed by atoms with Gasteiger partial charge in [0, 0.05) is 12.3 Å². The highest BCUT2D eigenvalue weighted by Gasteiger charge is 2.17. The van der Waals surface area contributed by atoms with Crippen LogP contribution in [0.4, 0.5) is 10.1 Å². The second kappa shape index (κ2) is 5.10. The van der Waals surface area contributed by atoms with Crippen molar-refractivity contribution < 1.29 is 14.1 Å². The van der Waals surface area contributed by atoms with Crippen LogP contribution in [-0.4, -0.2) is 9.91 Å². The fraction of sp³-hybridized carbons (Fsp3) is 0. The number of halogens is 1. The van der Waals surface area contributed by atoms with E-state index in [9.17, 15) is 14.5 Å². The van der Waals surface area contributed by atoms with E-state index in [0.717, 1.165) is 18.2 Å². The lowest BCUT2D eigenvalue weighted by Gasteiger charge is -2.05. The van der Waals surface area contributed by atoms with E-state index in [1.165, 1.54) is 18.3 Å². The lowest BCUT2D eigenvalue weighted by Crippen LogP contribution is -1.95. The van der Waals surface area contributed by atoms with Gasteiger partial charge < -0.3 is 4.74 Å². The number of pyridine rings is 1. The average Bonchev–Trinajstić information content (AvgIpc) is 2.41. The maximum atomic E-state index is 12.9. The van der Waals surface area contributed by atoms with Gasteiger partial charge in [0.1, 0.15) is 5.82 Å². The second-order valence-electron chi connectivity index (χ2n) is 3.47. The third-order valence-corrected chi connectivity index (χ3v) is 2.20. The molecule has 0 bridgehead atoms. The van der Waals surface area contributed by atoms with Crippen LogP contribution < -0.4 is 4.74 Å². The van der Waals surface area contributed by atoms with Gasteiger partial charge >= 0.3 is 5.69 Å². The highest BCUT2D eigenvalue weighted by Crippen LogP contribution is 2.31. The molecule has 0 radical (unpaired) electrons. The molecule has 0 aliphatic carbocycles. The number of hydrogen-bond donors (Lipinski definition) is 0. The number of nitro benzene ring substituents is 1. The minimum Gasteiger partial charge on any atom is -0.432 e. The number of benzene rings is 1. The average molecular weight is 259 g/mol. The molecule has 0 N–H and O–H groups in total. The Morgan fingerprint density at radius 2 is 2.16 bits per heavy atom. The first-order chi connectivity index (χ1) is 9.10. The molecule has 1 heterocycles. The molecule has 0 spiro atoms. The highest BCUT2D eigenvalue weighted by atomic mass is 19.1. The maximum Gasteiger partial charge on any atom is 0.314 e. The first-order valence-corrected chi connectivity index (χ1v) is 5.08. The zero-order chi connectivity index (χ0) is 13.8. The molecular formula is C12H6FN3O3. The van der Waals surface area contributed by atoms with Gasteiger partial charge in [0.25, 0.3) is 0 Å². The van der Waals surface area contributed by atoms with Crippen molar-refractivity contribution in [2.24, 2.45) is 0 Å². The van der Waals surface area contributed by atoms with Gasteiger partial charge in [-0.15, -0.1) is 0 Å². The molecule has 7 heteroatoms. The van der Waals surface area contributed by atoms with Gasteiger partial charge in [0.2, 0.25) is 11.6 Å². The Kier molecular flexibility index (Phi) is 3.34. The Bertz CT molecular complexity index is 682. The SMILES string of the molecule is N#Cc1ccnc(Oc2ccc(F)cc2[N+](=O)[O-])c1. The zero-order valence-corrected chi connectivity index (χ0v) is 9.41. The number of aromatic nitrogens is 1. The van der Waals surface area contributed by atoms with Gasteiger partial charge in [-0.1, -0.05) is 0 Å².